The first-order valence-corrected chi connectivity index (χ1v) is 5.85. The van der Waals surface area contributed by atoms with Gasteiger partial charge in [-0.2, -0.15) is 0 Å². The first-order valence-electron chi connectivity index (χ1n) is 5.85. The molecule has 102 valence electrons. The molecule has 0 heterocycles. The van der Waals surface area contributed by atoms with E-state index < -0.39 is 11.4 Å². The molecule has 0 N–H and O–H groups in total. The number of ether oxygens (including phenoxy) is 1. The Labute approximate surface area is 133 Å². The van der Waals surface area contributed by atoms with Gasteiger partial charge in [0.15, 0.2) is 0 Å². The summed E-state index contributed by atoms with van der Waals surface area (Å²) in [6.07, 6.45) is 1.44. The minimum Gasteiger partial charge on any atom is -0.550 e. The molecule has 0 radical (unpaired) electrons. The molecule has 0 saturated carbocycles. The van der Waals surface area contributed by atoms with E-state index in [0.29, 0.717) is 6.42 Å². The predicted molar refractivity (Wildman–Crippen MR) is 65.2 cm³/mol. The first kappa shape index (κ1) is 23.1. The van der Waals surface area contributed by atoms with Crippen LogP contribution in [0, 0.1) is 10.8 Å². The Morgan fingerprint density at radius 1 is 1.00 bits per heavy atom. The normalized spacial score (nSPS) is 10.6. The van der Waals surface area contributed by atoms with Crippen molar-refractivity contribution in [2.45, 2.75) is 54.4 Å². The molecule has 0 aromatic carbocycles. The summed E-state index contributed by atoms with van der Waals surface area (Å²) < 4.78 is 4.57. The fraction of sp³-hybridized carbons (Fsp3) is 0.846. The third-order valence-electron chi connectivity index (χ3n) is 3.06. The number of methoxy groups -OCH3 is 1. The number of hydrogen-bond acceptors (Lipinski definition) is 4. The number of carboxylic acids is 1. The molecule has 5 heteroatoms. The molecule has 18 heavy (non-hydrogen) atoms. The van der Waals surface area contributed by atoms with Crippen LogP contribution in [0.4, 0.5) is 0 Å². The third kappa shape index (κ3) is 8.95. The largest absolute Gasteiger partial charge is 1.00 e. The van der Waals surface area contributed by atoms with Crippen molar-refractivity contribution < 1.29 is 49.0 Å². The number of carboxylic acid groups (broad SMARTS) is 1. The Morgan fingerprint density at radius 3 is 1.39 bits per heavy atom. The molecular formula is C13H25NaO4. The van der Waals surface area contributed by atoms with Crippen LogP contribution >= 0.6 is 0 Å². The Morgan fingerprint density at radius 2 is 1.33 bits per heavy atom. The van der Waals surface area contributed by atoms with Crippen LogP contribution in [0.1, 0.15) is 54.4 Å². The Hall–Kier alpha value is -0.0600. The molecule has 0 unspecified atom stereocenters. The van der Waals surface area contributed by atoms with Gasteiger partial charge in [-0.1, -0.05) is 27.7 Å². The van der Waals surface area contributed by atoms with Crippen LogP contribution in [0.15, 0.2) is 0 Å². The van der Waals surface area contributed by atoms with Gasteiger partial charge in [0.25, 0.3) is 0 Å². The van der Waals surface area contributed by atoms with E-state index >= 15 is 0 Å². The summed E-state index contributed by atoms with van der Waals surface area (Å²) in [6, 6.07) is 0. The molecule has 0 aliphatic heterocycles. The molecule has 0 bridgehead atoms. The van der Waals surface area contributed by atoms with Gasteiger partial charge in [0, 0.05) is 11.4 Å². The second-order valence-corrected chi connectivity index (χ2v) is 5.25. The van der Waals surface area contributed by atoms with Crippen LogP contribution in [-0.2, 0) is 14.3 Å². The zero-order valence-corrected chi connectivity index (χ0v) is 15.0. The van der Waals surface area contributed by atoms with Gasteiger partial charge in [-0.25, -0.2) is 0 Å². The number of esters is 1. The molecule has 0 atom stereocenters. The Kier molecular flexibility index (Phi) is 12.6. The zero-order valence-electron chi connectivity index (χ0n) is 13.0. The SMILES string of the molecule is CCC(C)(C)C(=O)OC.CCC(C)(C)C(=O)[O-].[Na+]. The van der Waals surface area contributed by atoms with E-state index in [9.17, 15) is 14.7 Å². The van der Waals surface area contributed by atoms with E-state index in [0.717, 1.165) is 6.42 Å². The average Bonchev–Trinajstić information content (AvgIpc) is 2.28. The summed E-state index contributed by atoms with van der Waals surface area (Å²) in [7, 11) is 1.42. The van der Waals surface area contributed by atoms with Crippen molar-refractivity contribution in [3.8, 4) is 0 Å². The fourth-order valence-electron chi connectivity index (χ4n) is 0.565. The maximum atomic E-state index is 10.8. The molecule has 0 aliphatic rings. The molecular weight excluding hydrogens is 243 g/mol. The van der Waals surface area contributed by atoms with Crippen LogP contribution in [0.3, 0.4) is 0 Å². The topological polar surface area (TPSA) is 66.4 Å². The third-order valence-corrected chi connectivity index (χ3v) is 3.06. The number of rotatable bonds is 4. The monoisotopic (exact) mass is 268 g/mol. The maximum Gasteiger partial charge on any atom is 1.00 e. The molecule has 0 saturated heterocycles. The van der Waals surface area contributed by atoms with Gasteiger partial charge in [0.1, 0.15) is 0 Å². The van der Waals surface area contributed by atoms with Crippen molar-refractivity contribution in [1.29, 1.82) is 0 Å². The van der Waals surface area contributed by atoms with Gasteiger partial charge >= 0.3 is 35.5 Å². The molecule has 0 aliphatic carbocycles. The minimum absolute atomic E-state index is 0. The van der Waals surface area contributed by atoms with E-state index in [1.165, 1.54) is 7.11 Å². The van der Waals surface area contributed by atoms with Crippen LogP contribution in [0.2, 0.25) is 0 Å². The van der Waals surface area contributed by atoms with Crippen molar-refractivity contribution in [2.75, 3.05) is 7.11 Å². The summed E-state index contributed by atoms with van der Waals surface area (Å²) in [5.74, 6) is -1.11. The molecule has 0 aromatic heterocycles. The first-order chi connectivity index (χ1) is 7.55. The summed E-state index contributed by atoms with van der Waals surface area (Å²) >= 11 is 0. The van der Waals surface area contributed by atoms with E-state index in [-0.39, 0.29) is 40.9 Å². The smallest absolute Gasteiger partial charge is 0.550 e. The molecule has 0 amide bonds. The molecule has 4 nitrogen and oxygen atoms in total. The average molecular weight is 268 g/mol. The van der Waals surface area contributed by atoms with E-state index in [1.54, 1.807) is 13.8 Å². The number of carbonyl (C=O) groups excluding carboxylic acids is 2. The van der Waals surface area contributed by atoms with Crippen LogP contribution in [-0.4, -0.2) is 19.0 Å². The number of hydrogen-bond donors (Lipinski definition) is 0. The molecule has 0 fully saturated rings. The Bertz CT molecular complexity index is 260. The van der Waals surface area contributed by atoms with E-state index in [2.05, 4.69) is 4.74 Å². The maximum absolute atomic E-state index is 10.8. The van der Waals surface area contributed by atoms with Crippen molar-refractivity contribution in [3.63, 3.8) is 0 Å². The molecule has 0 rings (SSSR count). The summed E-state index contributed by atoms with van der Waals surface area (Å²) in [6.45, 7) is 10.9. The van der Waals surface area contributed by atoms with Crippen molar-refractivity contribution in [1.82, 2.24) is 0 Å². The van der Waals surface area contributed by atoms with Gasteiger partial charge in [-0.05, 0) is 26.7 Å². The second-order valence-electron chi connectivity index (χ2n) is 5.25. The molecule has 0 spiro atoms. The quantitative estimate of drug-likeness (QED) is 0.473. The number of carbonyl (C=O) groups is 2. The number of aliphatic carboxylic acids is 1. The van der Waals surface area contributed by atoms with Crippen molar-refractivity contribution in [3.05, 3.63) is 0 Å². The fourth-order valence-corrected chi connectivity index (χ4v) is 0.565. The van der Waals surface area contributed by atoms with Gasteiger partial charge in [0.05, 0.1) is 12.5 Å². The predicted octanol–water partition coefficient (Wildman–Crippen LogP) is -1.23. The second kappa shape index (κ2) is 9.82. The van der Waals surface area contributed by atoms with Gasteiger partial charge < -0.3 is 14.6 Å². The minimum atomic E-state index is -0.972. The van der Waals surface area contributed by atoms with Crippen molar-refractivity contribution >= 4 is 11.9 Å². The standard InChI is InChI=1S/C7H14O2.C6H12O2.Na/c1-5-7(2,3)6(8)9-4;1-4-6(2,3)5(7)8;/h5H2,1-4H3;4H2,1-3H3,(H,7,8);/q;;+1/p-1. The van der Waals surface area contributed by atoms with Gasteiger partial charge in [-0.15, -0.1) is 0 Å². The van der Waals surface area contributed by atoms with Gasteiger partial charge in [0.2, 0.25) is 0 Å². The van der Waals surface area contributed by atoms with E-state index in [1.807, 2.05) is 27.7 Å². The van der Waals surface area contributed by atoms with Gasteiger partial charge in [-0.3, -0.25) is 4.79 Å². The Balaban J connectivity index is -0.000000238. The summed E-state index contributed by atoms with van der Waals surface area (Å²) in [4.78, 5) is 21.0. The summed E-state index contributed by atoms with van der Waals surface area (Å²) in [5.41, 5.74) is -0.964. The summed E-state index contributed by atoms with van der Waals surface area (Å²) in [5, 5.41) is 10.1. The van der Waals surface area contributed by atoms with Crippen LogP contribution < -0.4 is 34.7 Å². The van der Waals surface area contributed by atoms with Crippen LogP contribution in [0.25, 0.3) is 0 Å². The van der Waals surface area contributed by atoms with E-state index in [4.69, 9.17) is 0 Å². The molecule has 0 aromatic rings. The van der Waals surface area contributed by atoms with Crippen LogP contribution in [0.5, 0.6) is 0 Å². The van der Waals surface area contributed by atoms with Crippen molar-refractivity contribution in [2.24, 2.45) is 10.8 Å². The zero-order chi connectivity index (χ0) is 14.3.